The zero-order chi connectivity index (χ0) is 22.9. The quantitative estimate of drug-likeness (QED) is 0.476. The molecule has 0 saturated carbocycles. The van der Waals surface area contributed by atoms with Crippen molar-refractivity contribution in [2.24, 2.45) is 0 Å². The molecule has 4 rings (SSSR count). The highest BCUT2D eigenvalue weighted by atomic mass is 32.3. The lowest BCUT2D eigenvalue weighted by molar-refractivity contribution is -0.146. The Balaban J connectivity index is 1.64. The molecule has 0 amide bonds. The maximum atomic E-state index is 13.1. The van der Waals surface area contributed by atoms with Gasteiger partial charge >= 0.3 is 5.97 Å². The van der Waals surface area contributed by atoms with E-state index in [-0.39, 0.29) is 11.5 Å². The van der Waals surface area contributed by atoms with Crippen LogP contribution in [-0.4, -0.2) is 54.5 Å². The number of fused-ring (bicyclic) bond motifs is 2. The Morgan fingerprint density at radius 2 is 1.88 bits per heavy atom. The highest BCUT2D eigenvalue weighted by Gasteiger charge is 2.34. The van der Waals surface area contributed by atoms with E-state index in [2.05, 4.69) is 43.0 Å². The van der Waals surface area contributed by atoms with Gasteiger partial charge in [0.25, 0.3) is 5.56 Å². The Morgan fingerprint density at radius 1 is 1.12 bits per heavy atom. The van der Waals surface area contributed by atoms with Crippen molar-refractivity contribution in [2.45, 2.75) is 17.5 Å². The summed E-state index contributed by atoms with van der Waals surface area (Å²) in [5.74, 6) is 1.65. The standard InChI is InChI=1S/C25H29NO4S2/c1-29-23-19(14-18-10-7-9-17-8-5-6-11-20(17)18)15-22(27)26-21(16-31-24(23)26)25(28)30-12-13-32(2,3)4/h5-11,15,21H,12-14,16H2,1-4H3/t21-/m0/s1. The molecule has 0 fully saturated rings. The number of ether oxygens (including phenoxy) is 2. The molecule has 1 aliphatic rings. The number of pyridine rings is 1. The summed E-state index contributed by atoms with van der Waals surface area (Å²) in [6.45, 7) is 0.388. The van der Waals surface area contributed by atoms with E-state index in [1.807, 2.05) is 18.2 Å². The summed E-state index contributed by atoms with van der Waals surface area (Å²) in [5, 5.41) is 3.03. The first-order valence-corrected chi connectivity index (χ1v) is 14.5. The fraction of sp³-hybridized carbons (Fsp3) is 0.360. The van der Waals surface area contributed by atoms with Gasteiger partial charge in [-0.05, 0) is 35.1 Å². The highest BCUT2D eigenvalue weighted by Crippen LogP contribution is 2.41. The molecule has 0 N–H and O–H groups in total. The second-order valence-electron chi connectivity index (χ2n) is 8.82. The van der Waals surface area contributed by atoms with Crippen molar-refractivity contribution in [2.75, 3.05) is 44.0 Å². The predicted octanol–water partition coefficient (Wildman–Crippen LogP) is 4.48. The third-order valence-electron chi connectivity index (χ3n) is 5.61. The lowest BCUT2D eigenvalue weighted by atomic mass is 9.98. The number of esters is 1. The average molecular weight is 472 g/mol. The molecule has 170 valence electrons. The molecule has 0 saturated heterocycles. The Bertz CT molecular complexity index is 1210. The first-order chi connectivity index (χ1) is 15.3. The fourth-order valence-corrected chi connectivity index (χ4v) is 5.84. The molecule has 2 heterocycles. The number of carbonyl (C=O) groups excluding carboxylic acids is 1. The van der Waals surface area contributed by atoms with Crippen molar-refractivity contribution < 1.29 is 14.3 Å². The molecule has 32 heavy (non-hydrogen) atoms. The van der Waals surface area contributed by atoms with E-state index in [9.17, 15) is 9.59 Å². The third kappa shape index (κ3) is 4.69. The summed E-state index contributed by atoms with van der Waals surface area (Å²) in [7, 11) is 0.872. The van der Waals surface area contributed by atoms with Gasteiger partial charge in [0, 0.05) is 29.6 Å². The molecule has 0 unspecified atom stereocenters. The maximum absolute atomic E-state index is 13.1. The summed E-state index contributed by atoms with van der Waals surface area (Å²) >= 11 is 1.48. The SMILES string of the molecule is COc1c(Cc2cccc3ccccc23)cc(=O)n2c1SC[C@H]2C(=O)OCCS(C)(C)C. The van der Waals surface area contributed by atoms with E-state index < -0.39 is 16.1 Å². The molecule has 0 aliphatic carbocycles. The van der Waals surface area contributed by atoms with Crippen LogP contribution in [0.5, 0.6) is 5.75 Å². The van der Waals surface area contributed by atoms with Crippen molar-refractivity contribution in [1.29, 1.82) is 0 Å². The van der Waals surface area contributed by atoms with Gasteiger partial charge < -0.3 is 9.47 Å². The minimum atomic E-state index is -0.745. The van der Waals surface area contributed by atoms with Crippen LogP contribution in [0.15, 0.2) is 58.4 Å². The number of rotatable bonds is 7. The van der Waals surface area contributed by atoms with Crippen molar-refractivity contribution in [1.82, 2.24) is 4.57 Å². The fourth-order valence-electron chi connectivity index (χ4n) is 3.96. The summed E-state index contributed by atoms with van der Waals surface area (Å²) in [6.07, 6.45) is 7.15. The Morgan fingerprint density at radius 3 is 2.62 bits per heavy atom. The van der Waals surface area contributed by atoms with Crippen molar-refractivity contribution in [3.63, 3.8) is 0 Å². The molecule has 3 aromatic rings. The summed E-state index contributed by atoms with van der Waals surface area (Å²) in [6, 6.07) is 15.4. The van der Waals surface area contributed by atoms with Gasteiger partial charge in [0.15, 0.2) is 5.75 Å². The topological polar surface area (TPSA) is 57.5 Å². The number of nitrogens with zero attached hydrogens (tertiary/aromatic N) is 1. The van der Waals surface area contributed by atoms with Crippen molar-refractivity contribution in [3.8, 4) is 5.75 Å². The molecular formula is C25H29NO4S2. The number of thioether (sulfide) groups is 1. The number of aromatic nitrogens is 1. The van der Waals surface area contributed by atoms with E-state index in [0.29, 0.717) is 29.6 Å². The van der Waals surface area contributed by atoms with Gasteiger partial charge in [0.1, 0.15) is 11.1 Å². The van der Waals surface area contributed by atoms with Gasteiger partial charge in [0.05, 0.1) is 13.7 Å². The Kier molecular flexibility index (Phi) is 6.58. The Hall–Kier alpha value is -2.38. The van der Waals surface area contributed by atoms with Crippen LogP contribution in [0.25, 0.3) is 10.8 Å². The predicted molar refractivity (Wildman–Crippen MR) is 135 cm³/mol. The molecule has 5 nitrogen and oxygen atoms in total. The zero-order valence-electron chi connectivity index (χ0n) is 18.9. The number of benzene rings is 2. The van der Waals surface area contributed by atoms with Crippen LogP contribution in [0, 0.1) is 0 Å². The van der Waals surface area contributed by atoms with Crippen LogP contribution in [0.4, 0.5) is 0 Å². The lowest BCUT2D eigenvalue weighted by Crippen LogP contribution is -2.31. The highest BCUT2D eigenvalue weighted by molar-refractivity contribution is 8.32. The number of hydrogen-bond acceptors (Lipinski definition) is 5. The van der Waals surface area contributed by atoms with Crippen LogP contribution in [0.1, 0.15) is 17.2 Å². The van der Waals surface area contributed by atoms with Crippen LogP contribution in [0.2, 0.25) is 0 Å². The van der Waals surface area contributed by atoms with Crippen molar-refractivity contribution >= 4 is 38.5 Å². The summed E-state index contributed by atoms with van der Waals surface area (Å²) in [4.78, 5) is 25.8. The lowest BCUT2D eigenvalue weighted by Gasteiger charge is -2.25. The molecule has 0 bridgehead atoms. The minimum Gasteiger partial charge on any atom is -0.494 e. The van der Waals surface area contributed by atoms with E-state index in [0.717, 1.165) is 27.7 Å². The van der Waals surface area contributed by atoms with Gasteiger partial charge in [-0.2, -0.15) is 0 Å². The molecule has 1 atom stereocenters. The van der Waals surface area contributed by atoms with E-state index in [1.54, 1.807) is 17.7 Å². The van der Waals surface area contributed by atoms with Gasteiger partial charge in [-0.15, -0.1) is 11.8 Å². The van der Waals surface area contributed by atoms with Crippen LogP contribution in [-0.2, 0) is 16.0 Å². The van der Waals surface area contributed by atoms with E-state index in [1.165, 1.54) is 11.8 Å². The second-order valence-corrected chi connectivity index (χ2v) is 14.4. The normalized spacial score (nSPS) is 16.1. The number of hydrogen-bond donors (Lipinski definition) is 0. The average Bonchev–Trinajstić information content (AvgIpc) is 3.19. The monoisotopic (exact) mass is 471 g/mol. The molecular weight excluding hydrogens is 442 g/mol. The molecule has 7 heteroatoms. The summed E-state index contributed by atoms with van der Waals surface area (Å²) < 4.78 is 12.8. The zero-order valence-corrected chi connectivity index (χ0v) is 20.6. The first-order valence-electron chi connectivity index (χ1n) is 10.5. The van der Waals surface area contributed by atoms with E-state index in [4.69, 9.17) is 9.47 Å². The second kappa shape index (κ2) is 9.24. The van der Waals surface area contributed by atoms with E-state index >= 15 is 0 Å². The molecule has 0 spiro atoms. The van der Waals surface area contributed by atoms with Crippen molar-refractivity contribution in [3.05, 3.63) is 70.0 Å². The first kappa shape index (κ1) is 22.8. The number of methoxy groups -OCH3 is 1. The van der Waals surface area contributed by atoms with Crippen LogP contribution in [0.3, 0.4) is 0 Å². The Labute approximate surface area is 194 Å². The summed E-state index contributed by atoms with van der Waals surface area (Å²) in [5.41, 5.74) is 1.77. The minimum absolute atomic E-state index is 0.190. The smallest absolute Gasteiger partial charge is 0.330 e. The third-order valence-corrected chi connectivity index (χ3v) is 8.14. The molecule has 0 radical (unpaired) electrons. The van der Waals surface area contributed by atoms with Crippen LogP contribution < -0.4 is 10.3 Å². The van der Waals surface area contributed by atoms with Gasteiger partial charge in [0.2, 0.25) is 0 Å². The maximum Gasteiger partial charge on any atom is 0.330 e. The van der Waals surface area contributed by atoms with Gasteiger partial charge in [-0.1, -0.05) is 42.5 Å². The van der Waals surface area contributed by atoms with Gasteiger partial charge in [-0.25, -0.2) is 14.8 Å². The largest absolute Gasteiger partial charge is 0.494 e. The molecule has 1 aliphatic heterocycles. The number of carbonyl (C=O) groups is 1. The van der Waals surface area contributed by atoms with Crippen LogP contribution >= 0.6 is 21.8 Å². The molecule has 2 aromatic carbocycles. The molecule has 1 aromatic heterocycles. The van der Waals surface area contributed by atoms with Gasteiger partial charge in [-0.3, -0.25) is 9.36 Å².